The van der Waals surface area contributed by atoms with Crippen molar-refractivity contribution < 1.29 is 13.2 Å². The second-order valence-electron chi connectivity index (χ2n) is 5.52. The lowest BCUT2D eigenvalue weighted by Crippen LogP contribution is -2.46. The number of rotatable bonds is 3. The van der Waals surface area contributed by atoms with Gasteiger partial charge in [-0.05, 0) is 19.1 Å². The van der Waals surface area contributed by atoms with Crippen molar-refractivity contribution in [3.05, 3.63) is 40.0 Å². The van der Waals surface area contributed by atoms with E-state index in [4.69, 9.17) is 0 Å². The summed E-state index contributed by atoms with van der Waals surface area (Å²) in [5, 5.41) is 3.10. The number of alkyl halides is 3. The van der Waals surface area contributed by atoms with Gasteiger partial charge in [-0.1, -0.05) is 0 Å². The molecule has 23 heavy (non-hydrogen) atoms. The summed E-state index contributed by atoms with van der Waals surface area (Å²) in [6, 6.07) is 2.13. The predicted octanol–water partition coefficient (Wildman–Crippen LogP) is 3.19. The average Bonchev–Trinajstić information content (AvgIpc) is 2.92. The van der Waals surface area contributed by atoms with Crippen molar-refractivity contribution in [3.63, 3.8) is 0 Å². The normalized spacial score (nSPS) is 16.8. The summed E-state index contributed by atoms with van der Waals surface area (Å²) in [5.41, 5.74) is 0.404. The van der Waals surface area contributed by atoms with E-state index >= 15 is 0 Å². The zero-order chi connectivity index (χ0) is 16.4. The van der Waals surface area contributed by atoms with Gasteiger partial charge in [-0.15, -0.1) is 11.3 Å². The molecule has 0 amide bonds. The number of pyridine rings is 1. The van der Waals surface area contributed by atoms with E-state index in [1.165, 1.54) is 6.20 Å². The Morgan fingerprint density at radius 1 is 1.22 bits per heavy atom. The Morgan fingerprint density at radius 2 is 1.96 bits per heavy atom. The first kappa shape index (κ1) is 16.2. The number of thiazole rings is 1. The summed E-state index contributed by atoms with van der Waals surface area (Å²) in [6.45, 7) is 5.66. The Labute approximate surface area is 136 Å². The van der Waals surface area contributed by atoms with E-state index in [-0.39, 0.29) is 0 Å². The van der Waals surface area contributed by atoms with Gasteiger partial charge in [0.1, 0.15) is 5.82 Å². The maximum atomic E-state index is 12.8. The van der Waals surface area contributed by atoms with Crippen molar-refractivity contribution >= 4 is 17.2 Å². The fourth-order valence-corrected chi connectivity index (χ4v) is 3.22. The van der Waals surface area contributed by atoms with Crippen LogP contribution in [0.5, 0.6) is 0 Å². The summed E-state index contributed by atoms with van der Waals surface area (Å²) in [4.78, 5) is 12.7. The van der Waals surface area contributed by atoms with Gasteiger partial charge in [-0.2, -0.15) is 13.2 Å². The fourth-order valence-electron chi connectivity index (χ4n) is 2.61. The van der Waals surface area contributed by atoms with Gasteiger partial charge in [0.15, 0.2) is 0 Å². The van der Waals surface area contributed by atoms with E-state index in [9.17, 15) is 13.2 Å². The van der Waals surface area contributed by atoms with Crippen LogP contribution in [0, 0.1) is 6.92 Å². The number of hydrogen-bond donors (Lipinski definition) is 0. The minimum atomic E-state index is -4.33. The first-order valence-electron chi connectivity index (χ1n) is 7.33. The number of anilines is 1. The van der Waals surface area contributed by atoms with Crippen molar-refractivity contribution in [2.75, 3.05) is 31.1 Å². The Kier molecular flexibility index (Phi) is 4.54. The topological polar surface area (TPSA) is 32.3 Å². The average molecular weight is 342 g/mol. The molecule has 1 aliphatic rings. The van der Waals surface area contributed by atoms with Crippen LogP contribution in [0.4, 0.5) is 19.0 Å². The molecule has 0 saturated carbocycles. The van der Waals surface area contributed by atoms with Crippen molar-refractivity contribution in [1.82, 2.24) is 14.9 Å². The molecule has 0 bridgehead atoms. The summed E-state index contributed by atoms with van der Waals surface area (Å²) in [5.74, 6) is 0.393. The number of piperazine rings is 1. The number of aromatic nitrogens is 2. The standard InChI is InChI=1S/C15H17F3N4S/c1-11-20-13(10-23-11)9-21-4-6-22(7-5-21)14-8-12(2-3-19-14)15(16,17)18/h2-3,8,10H,4-7,9H2,1H3. The van der Waals surface area contributed by atoms with Crippen molar-refractivity contribution in [2.45, 2.75) is 19.6 Å². The van der Waals surface area contributed by atoms with E-state index in [1.807, 2.05) is 11.8 Å². The highest BCUT2D eigenvalue weighted by Crippen LogP contribution is 2.30. The van der Waals surface area contributed by atoms with Crippen molar-refractivity contribution in [3.8, 4) is 0 Å². The van der Waals surface area contributed by atoms with E-state index in [2.05, 4.69) is 20.2 Å². The highest BCUT2D eigenvalue weighted by Gasteiger charge is 2.31. The molecule has 124 valence electrons. The van der Waals surface area contributed by atoms with E-state index in [0.29, 0.717) is 18.9 Å². The minimum absolute atomic E-state index is 0.393. The first-order valence-corrected chi connectivity index (χ1v) is 8.21. The lowest BCUT2D eigenvalue weighted by atomic mass is 10.2. The molecule has 0 N–H and O–H groups in total. The molecule has 1 fully saturated rings. The zero-order valence-electron chi connectivity index (χ0n) is 12.7. The second kappa shape index (κ2) is 6.45. The van der Waals surface area contributed by atoms with Crippen LogP contribution < -0.4 is 4.90 Å². The molecule has 3 heterocycles. The van der Waals surface area contributed by atoms with E-state index in [0.717, 1.165) is 42.5 Å². The molecule has 0 unspecified atom stereocenters. The van der Waals surface area contributed by atoms with Gasteiger partial charge in [0.2, 0.25) is 0 Å². The SMILES string of the molecule is Cc1nc(CN2CCN(c3cc(C(F)(F)F)ccn3)CC2)cs1. The molecule has 2 aromatic rings. The van der Waals surface area contributed by atoms with Gasteiger partial charge in [0, 0.05) is 44.3 Å². The van der Waals surface area contributed by atoms with Crippen LogP contribution in [-0.4, -0.2) is 41.0 Å². The molecular weight excluding hydrogens is 325 g/mol. The van der Waals surface area contributed by atoms with Gasteiger partial charge >= 0.3 is 6.18 Å². The number of hydrogen-bond acceptors (Lipinski definition) is 5. The Morgan fingerprint density at radius 3 is 2.57 bits per heavy atom. The monoisotopic (exact) mass is 342 g/mol. The highest BCUT2D eigenvalue weighted by molar-refractivity contribution is 7.09. The number of aryl methyl sites for hydroxylation is 1. The maximum Gasteiger partial charge on any atom is 0.416 e. The van der Waals surface area contributed by atoms with Crippen molar-refractivity contribution in [1.29, 1.82) is 0 Å². The van der Waals surface area contributed by atoms with Gasteiger partial charge in [0.25, 0.3) is 0 Å². The first-order chi connectivity index (χ1) is 10.9. The van der Waals surface area contributed by atoms with Gasteiger partial charge in [0.05, 0.1) is 16.3 Å². The molecule has 3 rings (SSSR count). The number of nitrogens with zero attached hydrogens (tertiary/aromatic N) is 4. The molecule has 1 aliphatic heterocycles. The van der Waals surface area contributed by atoms with E-state index in [1.54, 1.807) is 11.3 Å². The molecule has 0 aliphatic carbocycles. The highest BCUT2D eigenvalue weighted by atomic mass is 32.1. The van der Waals surface area contributed by atoms with Crippen LogP contribution in [0.2, 0.25) is 0 Å². The molecule has 0 radical (unpaired) electrons. The van der Waals surface area contributed by atoms with Gasteiger partial charge in [-0.25, -0.2) is 9.97 Å². The third-order valence-corrected chi connectivity index (χ3v) is 4.64. The van der Waals surface area contributed by atoms with Crippen LogP contribution in [0.15, 0.2) is 23.7 Å². The lowest BCUT2D eigenvalue weighted by Gasteiger charge is -2.35. The maximum absolute atomic E-state index is 12.8. The molecule has 0 spiro atoms. The minimum Gasteiger partial charge on any atom is -0.354 e. The smallest absolute Gasteiger partial charge is 0.354 e. The lowest BCUT2D eigenvalue weighted by molar-refractivity contribution is -0.137. The summed E-state index contributed by atoms with van der Waals surface area (Å²) >= 11 is 1.63. The fraction of sp³-hybridized carbons (Fsp3) is 0.467. The second-order valence-corrected chi connectivity index (χ2v) is 6.58. The van der Waals surface area contributed by atoms with Gasteiger partial charge < -0.3 is 4.90 Å². The van der Waals surface area contributed by atoms with Crippen LogP contribution in [0.1, 0.15) is 16.3 Å². The van der Waals surface area contributed by atoms with Crippen LogP contribution in [0.3, 0.4) is 0 Å². The largest absolute Gasteiger partial charge is 0.416 e. The zero-order valence-corrected chi connectivity index (χ0v) is 13.5. The molecule has 0 atom stereocenters. The molecular formula is C15H17F3N4S. The quantitative estimate of drug-likeness (QED) is 0.858. The van der Waals surface area contributed by atoms with Crippen LogP contribution in [-0.2, 0) is 12.7 Å². The van der Waals surface area contributed by atoms with Gasteiger partial charge in [-0.3, -0.25) is 4.90 Å². The number of halogens is 3. The molecule has 8 heteroatoms. The molecule has 4 nitrogen and oxygen atoms in total. The molecule has 0 aromatic carbocycles. The Bertz CT molecular complexity index is 663. The summed E-state index contributed by atoms with van der Waals surface area (Å²) < 4.78 is 38.3. The third kappa shape index (κ3) is 4.00. The van der Waals surface area contributed by atoms with Crippen molar-refractivity contribution in [2.24, 2.45) is 0 Å². The predicted molar refractivity (Wildman–Crippen MR) is 83.6 cm³/mol. The summed E-state index contributed by atoms with van der Waals surface area (Å²) in [7, 11) is 0. The Hall–Kier alpha value is -1.67. The van der Waals surface area contributed by atoms with E-state index < -0.39 is 11.7 Å². The van der Waals surface area contributed by atoms with Crippen LogP contribution >= 0.6 is 11.3 Å². The summed E-state index contributed by atoms with van der Waals surface area (Å²) in [6.07, 6.45) is -3.11. The third-order valence-electron chi connectivity index (χ3n) is 3.82. The van der Waals surface area contributed by atoms with Crippen LogP contribution in [0.25, 0.3) is 0 Å². The molecule has 1 saturated heterocycles. The Balaban J connectivity index is 1.60. The molecule has 2 aromatic heterocycles.